The zero-order valence-corrected chi connectivity index (χ0v) is 14.7. The van der Waals surface area contributed by atoms with Crippen LogP contribution in [0.15, 0.2) is 0 Å². The van der Waals surface area contributed by atoms with E-state index in [0.717, 1.165) is 19.6 Å². The molecule has 2 N–H and O–H groups in total. The van der Waals surface area contributed by atoms with Crippen LogP contribution in [-0.4, -0.2) is 62.6 Å². The first kappa shape index (κ1) is 17.5. The van der Waals surface area contributed by atoms with Gasteiger partial charge in [0.15, 0.2) is 9.84 Å². The lowest BCUT2D eigenvalue weighted by molar-refractivity contribution is 0.131. The average Bonchev–Trinajstić information content (AvgIpc) is 2.66. The summed E-state index contributed by atoms with van der Waals surface area (Å²) in [5, 5.41) is 5.70. The molecular weight excluding hydrogens is 302 g/mol. The number of hydrogen-bond acceptors (Lipinski definition) is 4. The molecule has 2 amide bonds. The van der Waals surface area contributed by atoms with E-state index in [1.165, 1.54) is 6.42 Å². The number of nitrogens with one attached hydrogen (secondary N) is 2. The lowest BCUT2D eigenvalue weighted by Crippen LogP contribution is -2.51. The van der Waals surface area contributed by atoms with Crippen molar-refractivity contribution in [1.29, 1.82) is 0 Å². The normalized spacial score (nSPS) is 33.3. The lowest BCUT2D eigenvalue weighted by atomic mass is 9.92. The third-order valence-electron chi connectivity index (χ3n) is 4.42. The fraction of sp³-hybridized carbons (Fsp3) is 0.933. The summed E-state index contributed by atoms with van der Waals surface area (Å²) in [5.41, 5.74) is 0. The molecule has 6 nitrogen and oxygen atoms in total. The van der Waals surface area contributed by atoms with Crippen LogP contribution in [-0.2, 0) is 9.84 Å². The maximum absolute atomic E-state index is 12.0. The number of carbonyl (C=O) groups excluding carboxylic acids is 1. The van der Waals surface area contributed by atoms with Crippen LogP contribution in [0.25, 0.3) is 0 Å². The third kappa shape index (κ3) is 5.43. The van der Waals surface area contributed by atoms with E-state index in [4.69, 9.17) is 0 Å². The summed E-state index contributed by atoms with van der Waals surface area (Å²) in [6.07, 6.45) is 1.79. The predicted molar refractivity (Wildman–Crippen MR) is 87.6 cm³/mol. The quantitative estimate of drug-likeness (QED) is 0.800. The van der Waals surface area contributed by atoms with Gasteiger partial charge in [0.25, 0.3) is 0 Å². The van der Waals surface area contributed by atoms with Crippen LogP contribution in [0.2, 0.25) is 0 Å². The van der Waals surface area contributed by atoms with Crippen molar-refractivity contribution in [3.05, 3.63) is 0 Å². The highest BCUT2D eigenvalue weighted by atomic mass is 32.2. The molecule has 0 aromatic heterocycles. The largest absolute Gasteiger partial charge is 0.334 e. The van der Waals surface area contributed by atoms with Crippen molar-refractivity contribution in [2.75, 3.05) is 31.1 Å². The molecule has 128 valence electrons. The number of hydrogen-bond donors (Lipinski definition) is 2. The van der Waals surface area contributed by atoms with Gasteiger partial charge in [-0.05, 0) is 31.6 Å². The number of likely N-dealkylation sites (tertiary alicyclic amines) is 1. The van der Waals surface area contributed by atoms with Crippen molar-refractivity contribution < 1.29 is 13.2 Å². The Labute approximate surface area is 133 Å². The summed E-state index contributed by atoms with van der Waals surface area (Å²) in [7, 11) is -2.96. The molecule has 0 aromatic carbocycles. The van der Waals surface area contributed by atoms with E-state index in [1.54, 1.807) is 0 Å². The van der Waals surface area contributed by atoms with Crippen molar-refractivity contribution in [3.8, 4) is 0 Å². The lowest BCUT2D eigenvalue weighted by Gasteiger charge is -2.36. The Hall–Kier alpha value is -0.820. The van der Waals surface area contributed by atoms with Crippen molar-refractivity contribution >= 4 is 15.9 Å². The molecule has 0 aliphatic carbocycles. The van der Waals surface area contributed by atoms with Gasteiger partial charge < -0.3 is 15.5 Å². The summed E-state index contributed by atoms with van der Waals surface area (Å²) in [4.78, 5) is 14.4. The standard InChI is InChI=1S/C15H29N3O3S/c1-11-6-12(2)8-18(7-11)9-13(3)16-15(19)17-14-4-5-22(20,21)10-14/h11-14H,4-10H2,1-3H3,(H2,16,17,19)/t11-,12+,13-,14-/m1/s1. The fourth-order valence-electron chi connectivity index (χ4n) is 3.73. The Morgan fingerprint density at radius 3 is 2.45 bits per heavy atom. The molecule has 0 radical (unpaired) electrons. The first-order valence-corrected chi connectivity index (χ1v) is 10.1. The number of sulfone groups is 1. The minimum absolute atomic E-state index is 0.0514. The van der Waals surface area contributed by atoms with Crippen LogP contribution in [0.1, 0.15) is 33.6 Å². The number of piperidine rings is 1. The second-order valence-corrected chi connectivity index (χ2v) is 9.51. The maximum Gasteiger partial charge on any atom is 0.315 e. The number of rotatable bonds is 4. The van der Waals surface area contributed by atoms with E-state index in [-0.39, 0.29) is 29.6 Å². The Kier molecular flexibility index (Phi) is 5.71. The summed E-state index contributed by atoms with van der Waals surface area (Å²) in [6, 6.07) is -0.449. The molecule has 4 atom stereocenters. The van der Waals surface area contributed by atoms with E-state index >= 15 is 0 Å². The van der Waals surface area contributed by atoms with Crippen molar-refractivity contribution in [2.45, 2.75) is 45.7 Å². The molecule has 7 heteroatoms. The van der Waals surface area contributed by atoms with Gasteiger partial charge in [-0.25, -0.2) is 13.2 Å². The van der Waals surface area contributed by atoms with Crippen LogP contribution in [0.4, 0.5) is 4.79 Å². The van der Waals surface area contributed by atoms with Crippen LogP contribution >= 0.6 is 0 Å². The van der Waals surface area contributed by atoms with Crippen LogP contribution in [0.5, 0.6) is 0 Å². The smallest absolute Gasteiger partial charge is 0.315 e. The van der Waals surface area contributed by atoms with Gasteiger partial charge in [0, 0.05) is 31.7 Å². The molecule has 2 fully saturated rings. The molecule has 0 spiro atoms. The molecule has 0 aromatic rings. The summed E-state index contributed by atoms with van der Waals surface area (Å²) >= 11 is 0. The molecular formula is C15H29N3O3S. The van der Waals surface area contributed by atoms with Crippen LogP contribution in [0.3, 0.4) is 0 Å². The Morgan fingerprint density at radius 2 is 1.91 bits per heavy atom. The minimum Gasteiger partial charge on any atom is -0.334 e. The average molecular weight is 331 g/mol. The van der Waals surface area contributed by atoms with Gasteiger partial charge in [0.1, 0.15) is 0 Å². The van der Waals surface area contributed by atoms with E-state index in [2.05, 4.69) is 29.4 Å². The second kappa shape index (κ2) is 7.17. The van der Waals surface area contributed by atoms with Crippen molar-refractivity contribution in [3.63, 3.8) is 0 Å². The van der Waals surface area contributed by atoms with Gasteiger partial charge in [0.2, 0.25) is 0 Å². The molecule has 2 saturated heterocycles. The third-order valence-corrected chi connectivity index (χ3v) is 6.19. The van der Waals surface area contributed by atoms with Crippen molar-refractivity contribution in [2.24, 2.45) is 11.8 Å². The first-order chi connectivity index (χ1) is 10.2. The van der Waals surface area contributed by atoms with Gasteiger partial charge in [-0.1, -0.05) is 13.8 Å². The van der Waals surface area contributed by atoms with Crippen molar-refractivity contribution in [1.82, 2.24) is 15.5 Å². The Morgan fingerprint density at radius 1 is 1.27 bits per heavy atom. The van der Waals surface area contributed by atoms with E-state index in [1.807, 2.05) is 6.92 Å². The zero-order valence-electron chi connectivity index (χ0n) is 13.8. The molecule has 2 aliphatic heterocycles. The molecule has 2 heterocycles. The van der Waals surface area contributed by atoms with E-state index in [9.17, 15) is 13.2 Å². The van der Waals surface area contributed by atoms with Gasteiger partial charge in [0.05, 0.1) is 11.5 Å². The first-order valence-electron chi connectivity index (χ1n) is 8.23. The molecule has 0 bridgehead atoms. The minimum atomic E-state index is -2.96. The van der Waals surface area contributed by atoms with E-state index < -0.39 is 9.84 Å². The van der Waals surface area contributed by atoms with Crippen LogP contribution < -0.4 is 10.6 Å². The summed E-state index contributed by atoms with van der Waals surface area (Å²) in [6.45, 7) is 9.54. The molecule has 2 aliphatic rings. The number of nitrogens with zero attached hydrogens (tertiary/aromatic N) is 1. The Balaban J connectivity index is 1.72. The molecule has 2 rings (SSSR count). The summed E-state index contributed by atoms with van der Waals surface area (Å²) < 4.78 is 22.8. The monoisotopic (exact) mass is 331 g/mol. The topological polar surface area (TPSA) is 78.5 Å². The van der Waals surface area contributed by atoms with Gasteiger partial charge in [-0.3, -0.25) is 0 Å². The SMILES string of the molecule is C[C@@H]1C[C@H](C)CN(C[C@@H](C)NC(=O)N[C@@H]2CCS(=O)(=O)C2)C1. The number of carbonyl (C=O) groups is 1. The predicted octanol–water partition coefficient (Wildman–Crippen LogP) is 0.839. The highest BCUT2D eigenvalue weighted by Gasteiger charge is 2.29. The number of amides is 2. The van der Waals surface area contributed by atoms with Crippen LogP contribution in [0, 0.1) is 11.8 Å². The molecule has 22 heavy (non-hydrogen) atoms. The zero-order chi connectivity index (χ0) is 16.3. The van der Waals surface area contributed by atoms with E-state index in [0.29, 0.717) is 18.3 Å². The maximum atomic E-state index is 12.0. The summed E-state index contributed by atoms with van der Waals surface area (Å²) in [5.74, 6) is 1.65. The second-order valence-electron chi connectivity index (χ2n) is 7.28. The van der Waals surface area contributed by atoms with Gasteiger partial charge >= 0.3 is 6.03 Å². The molecule has 0 saturated carbocycles. The Bertz CT molecular complexity index is 484. The highest BCUT2D eigenvalue weighted by molar-refractivity contribution is 7.91. The van der Waals surface area contributed by atoms with Gasteiger partial charge in [-0.2, -0.15) is 0 Å². The fourth-order valence-corrected chi connectivity index (χ4v) is 5.41. The molecule has 0 unspecified atom stereocenters. The number of urea groups is 1. The van der Waals surface area contributed by atoms with Gasteiger partial charge in [-0.15, -0.1) is 0 Å². The highest BCUT2D eigenvalue weighted by Crippen LogP contribution is 2.20.